The lowest BCUT2D eigenvalue weighted by Gasteiger charge is -2.14. The number of aromatic nitrogens is 1. The van der Waals surface area contributed by atoms with Gasteiger partial charge in [-0.15, -0.1) is 0 Å². The average Bonchev–Trinajstić information content (AvgIpc) is 2.73. The fourth-order valence-corrected chi connectivity index (χ4v) is 4.60. The quantitative estimate of drug-likeness (QED) is 0.443. The second-order valence-electron chi connectivity index (χ2n) is 6.32. The molecular weight excluding hydrogens is 396 g/mol. The lowest BCUT2D eigenvalue weighted by molar-refractivity contribution is 0.415. The Hall–Kier alpha value is -3.32. The highest BCUT2D eigenvalue weighted by Crippen LogP contribution is 2.37. The van der Waals surface area contributed by atoms with Crippen LogP contribution in [0.15, 0.2) is 82.7 Å². The largest absolute Gasteiger partial charge is 0.497 e. The Morgan fingerprint density at radius 1 is 0.897 bits per heavy atom. The Bertz CT molecular complexity index is 1300. The molecule has 0 N–H and O–H groups in total. The van der Waals surface area contributed by atoms with Crippen molar-refractivity contribution in [1.29, 1.82) is 0 Å². The van der Waals surface area contributed by atoms with Crippen LogP contribution in [0.1, 0.15) is 0 Å². The van der Waals surface area contributed by atoms with Crippen LogP contribution in [0.5, 0.6) is 5.75 Å². The first-order valence-corrected chi connectivity index (χ1v) is 10.1. The zero-order chi connectivity index (χ0) is 20.6. The van der Waals surface area contributed by atoms with E-state index in [1.165, 1.54) is 31.4 Å². The summed E-state index contributed by atoms with van der Waals surface area (Å²) in [4.78, 5) is 3.89. The van der Waals surface area contributed by atoms with Crippen LogP contribution in [0.25, 0.3) is 22.0 Å². The van der Waals surface area contributed by atoms with Gasteiger partial charge in [-0.3, -0.25) is 4.98 Å². The third kappa shape index (κ3) is 3.34. The Morgan fingerprint density at radius 3 is 2.24 bits per heavy atom. The summed E-state index contributed by atoms with van der Waals surface area (Å²) < 4.78 is 59.4. The van der Waals surface area contributed by atoms with E-state index < -0.39 is 21.5 Å². The number of ether oxygens (including phenoxy) is 1. The molecule has 0 radical (unpaired) electrons. The summed E-state index contributed by atoms with van der Waals surface area (Å²) in [6, 6.07) is 15.7. The summed E-state index contributed by atoms with van der Waals surface area (Å²) in [6.45, 7) is 0. The van der Waals surface area contributed by atoms with Gasteiger partial charge in [-0.1, -0.05) is 24.3 Å². The van der Waals surface area contributed by atoms with Crippen molar-refractivity contribution in [3.8, 4) is 16.9 Å². The molecule has 4 nitrogen and oxygen atoms in total. The predicted molar refractivity (Wildman–Crippen MR) is 106 cm³/mol. The highest BCUT2D eigenvalue weighted by Gasteiger charge is 2.25. The van der Waals surface area contributed by atoms with Crippen molar-refractivity contribution < 1.29 is 21.9 Å². The number of sulfone groups is 1. The summed E-state index contributed by atoms with van der Waals surface area (Å²) in [5, 5.41) is 0.360. The fraction of sp³-hybridized carbons (Fsp3) is 0.0455. The minimum atomic E-state index is -4.04. The van der Waals surface area contributed by atoms with Gasteiger partial charge in [-0.05, 0) is 48.0 Å². The third-order valence-electron chi connectivity index (χ3n) is 4.61. The molecule has 3 aromatic carbocycles. The smallest absolute Gasteiger partial charge is 0.208 e. The molecule has 7 heteroatoms. The molecule has 0 aliphatic heterocycles. The van der Waals surface area contributed by atoms with Gasteiger partial charge in [0.1, 0.15) is 22.9 Å². The minimum absolute atomic E-state index is 0.0661. The Morgan fingerprint density at radius 2 is 1.59 bits per heavy atom. The maximum atomic E-state index is 14.3. The van der Waals surface area contributed by atoms with Crippen molar-refractivity contribution in [3.05, 3.63) is 84.6 Å². The molecule has 0 spiro atoms. The van der Waals surface area contributed by atoms with E-state index in [9.17, 15) is 17.2 Å². The van der Waals surface area contributed by atoms with Gasteiger partial charge in [0.2, 0.25) is 9.84 Å². The number of halogens is 2. The zero-order valence-corrected chi connectivity index (χ0v) is 16.1. The van der Waals surface area contributed by atoms with Gasteiger partial charge in [0.25, 0.3) is 0 Å². The molecule has 1 heterocycles. The summed E-state index contributed by atoms with van der Waals surface area (Å²) in [7, 11) is -2.51. The molecule has 0 aliphatic carbocycles. The lowest BCUT2D eigenvalue weighted by atomic mass is 10.0. The fourth-order valence-electron chi connectivity index (χ4n) is 3.17. The summed E-state index contributed by atoms with van der Waals surface area (Å²) >= 11 is 0. The number of pyridine rings is 1. The Balaban J connectivity index is 2.05. The molecule has 29 heavy (non-hydrogen) atoms. The maximum absolute atomic E-state index is 14.3. The maximum Gasteiger partial charge on any atom is 0.208 e. The van der Waals surface area contributed by atoms with Gasteiger partial charge >= 0.3 is 0 Å². The van der Waals surface area contributed by atoms with Gasteiger partial charge in [0.15, 0.2) is 0 Å². The zero-order valence-electron chi connectivity index (χ0n) is 15.3. The molecule has 0 atom stereocenters. The van der Waals surface area contributed by atoms with Crippen molar-refractivity contribution in [2.45, 2.75) is 9.79 Å². The van der Waals surface area contributed by atoms with Gasteiger partial charge in [0.05, 0.1) is 16.9 Å². The normalized spacial score (nSPS) is 11.6. The molecule has 0 saturated carbocycles. The van der Waals surface area contributed by atoms with Crippen LogP contribution in [0.2, 0.25) is 0 Å². The molecule has 0 amide bonds. The molecule has 0 fully saturated rings. The molecule has 4 rings (SSSR count). The lowest BCUT2D eigenvalue weighted by Crippen LogP contribution is -2.06. The van der Waals surface area contributed by atoms with E-state index in [-0.39, 0.29) is 15.3 Å². The van der Waals surface area contributed by atoms with E-state index in [2.05, 4.69) is 4.98 Å². The summed E-state index contributed by atoms with van der Waals surface area (Å²) in [5.74, 6) is -0.498. The van der Waals surface area contributed by atoms with Crippen LogP contribution in [0, 0.1) is 11.6 Å². The Labute approximate surface area is 166 Å². The first-order chi connectivity index (χ1) is 13.9. The topological polar surface area (TPSA) is 56.3 Å². The Kier molecular flexibility index (Phi) is 4.76. The van der Waals surface area contributed by atoms with Crippen molar-refractivity contribution in [3.63, 3.8) is 0 Å². The molecule has 0 saturated heterocycles. The van der Waals surface area contributed by atoms with Gasteiger partial charge in [0, 0.05) is 17.1 Å². The van der Waals surface area contributed by atoms with E-state index in [0.29, 0.717) is 22.3 Å². The van der Waals surface area contributed by atoms with Crippen molar-refractivity contribution in [2.75, 3.05) is 7.11 Å². The average molecular weight is 411 g/mol. The number of methoxy groups -OCH3 is 1. The van der Waals surface area contributed by atoms with Crippen LogP contribution in [-0.2, 0) is 9.84 Å². The molecule has 1 aromatic heterocycles. The van der Waals surface area contributed by atoms with E-state index in [0.717, 1.165) is 18.3 Å². The summed E-state index contributed by atoms with van der Waals surface area (Å²) in [5.41, 5.74) is 0.947. The van der Waals surface area contributed by atoms with Gasteiger partial charge in [-0.25, -0.2) is 17.2 Å². The number of rotatable bonds is 4. The van der Waals surface area contributed by atoms with Crippen molar-refractivity contribution in [1.82, 2.24) is 4.98 Å². The van der Waals surface area contributed by atoms with Crippen LogP contribution >= 0.6 is 0 Å². The second-order valence-corrected chi connectivity index (χ2v) is 8.24. The SMILES string of the molecule is COc1ccc(-c2c(S(=O)(=O)c3ccc(F)cc3)cnc3c(F)cccc23)cc1. The number of hydrogen-bond donors (Lipinski definition) is 0. The molecule has 0 unspecified atom stereocenters. The first kappa shape index (κ1) is 19.0. The third-order valence-corrected chi connectivity index (χ3v) is 6.39. The molecule has 146 valence electrons. The standard InChI is InChI=1S/C22H15F2NO3S/c1-28-16-9-5-14(6-10-16)21-18-3-2-4-19(24)22(18)25-13-20(21)29(26,27)17-11-7-15(23)8-12-17/h2-13H,1H3. The second kappa shape index (κ2) is 7.25. The van der Waals surface area contributed by atoms with Gasteiger partial charge < -0.3 is 4.74 Å². The van der Waals surface area contributed by atoms with E-state index in [1.807, 2.05) is 0 Å². The molecule has 4 aromatic rings. The molecular formula is C22H15F2NO3S. The molecule has 0 aliphatic rings. The van der Waals surface area contributed by atoms with Crippen molar-refractivity contribution in [2.24, 2.45) is 0 Å². The van der Waals surface area contributed by atoms with Crippen LogP contribution in [0.4, 0.5) is 8.78 Å². The number of fused-ring (bicyclic) bond motifs is 1. The number of benzene rings is 3. The summed E-state index contributed by atoms with van der Waals surface area (Å²) in [6.07, 6.45) is 1.14. The predicted octanol–water partition coefficient (Wildman–Crippen LogP) is 5.02. The van der Waals surface area contributed by atoms with Crippen LogP contribution in [-0.4, -0.2) is 20.5 Å². The highest BCUT2D eigenvalue weighted by atomic mass is 32.2. The van der Waals surface area contributed by atoms with E-state index in [1.54, 1.807) is 30.3 Å². The number of hydrogen-bond acceptors (Lipinski definition) is 4. The first-order valence-electron chi connectivity index (χ1n) is 8.64. The highest BCUT2D eigenvalue weighted by molar-refractivity contribution is 7.91. The van der Waals surface area contributed by atoms with E-state index >= 15 is 0 Å². The van der Waals surface area contributed by atoms with Crippen LogP contribution < -0.4 is 4.74 Å². The number of para-hydroxylation sites is 1. The van der Waals surface area contributed by atoms with Gasteiger partial charge in [-0.2, -0.15) is 0 Å². The van der Waals surface area contributed by atoms with E-state index in [4.69, 9.17) is 4.74 Å². The minimum Gasteiger partial charge on any atom is -0.497 e. The number of nitrogens with zero attached hydrogens (tertiary/aromatic N) is 1. The van der Waals surface area contributed by atoms with Crippen LogP contribution in [0.3, 0.4) is 0 Å². The monoisotopic (exact) mass is 411 g/mol. The molecule has 0 bridgehead atoms. The van der Waals surface area contributed by atoms with Crippen molar-refractivity contribution >= 4 is 20.7 Å².